The van der Waals surface area contributed by atoms with Crippen LogP contribution < -0.4 is 16.0 Å². The van der Waals surface area contributed by atoms with E-state index in [0.29, 0.717) is 6.04 Å². The zero-order valence-corrected chi connectivity index (χ0v) is 20.1. The topological polar surface area (TPSA) is 65.5 Å². The number of benzene rings is 1. The minimum Gasteiger partial charge on any atom is -0.357 e. The van der Waals surface area contributed by atoms with Crippen molar-refractivity contribution < 1.29 is 4.79 Å². The van der Waals surface area contributed by atoms with Gasteiger partial charge in [0.05, 0.1) is 0 Å². The quantitative estimate of drug-likeness (QED) is 0.303. The molecule has 2 rings (SSSR count). The molecule has 1 aliphatic rings. The lowest BCUT2D eigenvalue weighted by Crippen LogP contribution is -2.47. The molecule has 1 amide bonds. The van der Waals surface area contributed by atoms with Gasteiger partial charge >= 0.3 is 0 Å². The first kappa shape index (κ1) is 24.7. The van der Waals surface area contributed by atoms with E-state index < -0.39 is 0 Å². The van der Waals surface area contributed by atoms with Gasteiger partial charge in [-0.25, -0.2) is 0 Å². The molecule has 0 spiro atoms. The largest absolute Gasteiger partial charge is 0.357 e. The van der Waals surface area contributed by atoms with Crippen LogP contribution in [-0.2, 0) is 11.2 Å². The maximum absolute atomic E-state index is 12.3. The molecule has 5 nitrogen and oxygen atoms in total. The van der Waals surface area contributed by atoms with E-state index in [0.717, 1.165) is 51.2 Å². The predicted molar refractivity (Wildman–Crippen MR) is 128 cm³/mol. The molecule has 1 fully saturated rings. The third-order valence-corrected chi connectivity index (χ3v) is 4.95. The highest BCUT2D eigenvalue weighted by atomic mass is 127. The second-order valence-electron chi connectivity index (χ2n) is 7.86. The Morgan fingerprint density at radius 3 is 2.57 bits per heavy atom. The molecule has 2 unspecified atom stereocenters. The lowest BCUT2D eigenvalue weighted by atomic mass is 9.85. The number of rotatable bonds is 7. The van der Waals surface area contributed by atoms with Gasteiger partial charge < -0.3 is 16.0 Å². The summed E-state index contributed by atoms with van der Waals surface area (Å²) in [4.78, 5) is 17.1. The minimum absolute atomic E-state index is 0. The van der Waals surface area contributed by atoms with Crippen molar-refractivity contribution in [1.82, 2.24) is 16.0 Å². The average Bonchev–Trinajstić information content (AvgIpc) is 2.63. The number of amides is 1. The summed E-state index contributed by atoms with van der Waals surface area (Å²) in [6.45, 7) is 9.80. The van der Waals surface area contributed by atoms with E-state index in [4.69, 9.17) is 4.99 Å². The number of hydrogen-bond acceptors (Lipinski definition) is 2. The summed E-state index contributed by atoms with van der Waals surface area (Å²) in [7, 11) is 0. The third-order valence-electron chi connectivity index (χ3n) is 4.95. The van der Waals surface area contributed by atoms with Crippen molar-refractivity contribution in [2.24, 2.45) is 10.9 Å². The van der Waals surface area contributed by atoms with Crippen LogP contribution in [0.3, 0.4) is 0 Å². The number of halogens is 1. The van der Waals surface area contributed by atoms with Gasteiger partial charge in [0, 0.05) is 31.1 Å². The second kappa shape index (κ2) is 13.0. The summed E-state index contributed by atoms with van der Waals surface area (Å²) >= 11 is 0. The van der Waals surface area contributed by atoms with Crippen LogP contribution in [-0.4, -0.2) is 37.0 Å². The van der Waals surface area contributed by atoms with E-state index in [2.05, 4.69) is 54.1 Å². The van der Waals surface area contributed by atoms with Crippen molar-refractivity contribution in [2.45, 2.75) is 71.9 Å². The van der Waals surface area contributed by atoms with Crippen molar-refractivity contribution in [3.63, 3.8) is 0 Å². The van der Waals surface area contributed by atoms with Gasteiger partial charge in [0.15, 0.2) is 5.96 Å². The van der Waals surface area contributed by atoms with Crippen LogP contribution in [0.15, 0.2) is 29.3 Å². The fraction of sp³-hybridized carbons (Fsp3) is 0.636. The standard InChI is InChI=1S/C22H36N4O.HI/c1-5-23-22(24-14-13-18-11-9-17(4)10-12-18)26-20-8-6-7-19(15-20)21(27)25-16(2)3;/h9-12,16,19-20H,5-8,13-15H2,1-4H3,(H,25,27)(H2,23,24,26);1H. The van der Waals surface area contributed by atoms with E-state index >= 15 is 0 Å². The van der Waals surface area contributed by atoms with Crippen LogP contribution in [0, 0.1) is 12.8 Å². The summed E-state index contributed by atoms with van der Waals surface area (Å²) in [6, 6.07) is 9.14. The molecule has 0 aromatic heterocycles. The molecular weight excluding hydrogens is 463 g/mol. The number of aliphatic imine (C=N–C) groups is 1. The molecule has 0 aliphatic heterocycles. The van der Waals surface area contributed by atoms with E-state index in [1.54, 1.807) is 0 Å². The first-order valence-corrected chi connectivity index (χ1v) is 10.4. The molecule has 2 atom stereocenters. The second-order valence-corrected chi connectivity index (χ2v) is 7.86. The maximum atomic E-state index is 12.3. The highest BCUT2D eigenvalue weighted by Crippen LogP contribution is 2.24. The molecule has 0 radical (unpaired) electrons. The zero-order valence-electron chi connectivity index (χ0n) is 17.8. The molecule has 1 aromatic carbocycles. The van der Waals surface area contributed by atoms with Gasteiger partial charge in [0.2, 0.25) is 5.91 Å². The molecule has 3 N–H and O–H groups in total. The van der Waals surface area contributed by atoms with Crippen LogP contribution in [0.5, 0.6) is 0 Å². The number of nitrogens with one attached hydrogen (secondary N) is 3. The Morgan fingerprint density at radius 1 is 1.21 bits per heavy atom. The van der Waals surface area contributed by atoms with E-state index in [1.807, 2.05) is 13.8 Å². The number of aryl methyl sites for hydroxylation is 1. The fourth-order valence-corrected chi connectivity index (χ4v) is 3.53. The minimum atomic E-state index is 0. The van der Waals surface area contributed by atoms with Crippen molar-refractivity contribution in [2.75, 3.05) is 13.1 Å². The van der Waals surface area contributed by atoms with E-state index in [-0.39, 0.29) is 41.8 Å². The molecule has 158 valence electrons. The first-order valence-electron chi connectivity index (χ1n) is 10.4. The van der Waals surface area contributed by atoms with Gasteiger partial charge in [0.25, 0.3) is 0 Å². The number of carbonyl (C=O) groups is 1. The molecule has 1 aliphatic carbocycles. The van der Waals surface area contributed by atoms with Gasteiger partial charge in [-0.1, -0.05) is 36.2 Å². The number of nitrogens with zero attached hydrogens (tertiary/aromatic N) is 1. The summed E-state index contributed by atoms with van der Waals surface area (Å²) in [5.41, 5.74) is 2.59. The summed E-state index contributed by atoms with van der Waals surface area (Å²) < 4.78 is 0. The molecule has 0 bridgehead atoms. The molecular formula is C22H37IN4O. The van der Waals surface area contributed by atoms with Crippen LogP contribution in [0.2, 0.25) is 0 Å². The molecule has 1 aromatic rings. The van der Waals surface area contributed by atoms with Gasteiger partial charge in [-0.15, -0.1) is 24.0 Å². The van der Waals surface area contributed by atoms with E-state index in [9.17, 15) is 4.79 Å². The lowest BCUT2D eigenvalue weighted by molar-refractivity contribution is -0.126. The van der Waals surface area contributed by atoms with Crippen LogP contribution >= 0.6 is 24.0 Å². The van der Waals surface area contributed by atoms with Gasteiger partial charge in [0.1, 0.15) is 0 Å². The average molecular weight is 500 g/mol. The zero-order chi connectivity index (χ0) is 19.6. The monoisotopic (exact) mass is 500 g/mol. The molecule has 28 heavy (non-hydrogen) atoms. The molecule has 1 saturated carbocycles. The SMILES string of the molecule is CCNC(=NCCc1ccc(C)cc1)NC1CCCC(C(=O)NC(C)C)C1.I. The Labute approximate surface area is 187 Å². The Morgan fingerprint density at radius 2 is 1.93 bits per heavy atom. The molecule has 6 heteroatoms. The van der Waals surface area contributed by atoms with Crippen molar-refractivity contribution >= 4 is 35.8 Å². The Hall–Kier alpha value is -1.31. The Bertz CT molecular complexity index is 615. The molecule has 0 saturated heterocycles. The normalized spacial score (nSPS) is 19.7. The Kier molecular flexibility index (Phi) is 11.5. The number of hydrogen-bond donors (Lipinski definition) is 3. The van der Waals surface area contributed by atoms with Crippen molar-refractivity contribution in [1.29, 1.82) is 0 Å². The highest BCUT2D eigenvalue weighted by molar-refractivity contribution is 14.0. The third kappa shape index (κ3) is 8.80. The highest BCUT2D eigenvalue weighted by Gasteiger charge is 2.27. The van der Waals surface area contributed by atoms with Crippen LogP contribution in [0.4, 0.5) is 0 Å². The van der Waals surface area contributed by atoms with Crippen molar-refractivity contribution in [3.05, 3.63) is 35.4 Å². The summed E-state index contributed by atoms with van der Waals surface area (Å²) in [5, 5.41) is 9.94. The fourth-order valence-electron chi connectivity index (χ4n) is 3.53. The Balaban J connectivity index is 0.00000392. The van der Waals surface area contributed by atoms with Gasteiger partial charge in [-0.2, -0.15) is 0 Å². The van der Waals surface area contributed by atoms with Crippen LogP contribution in [0.1, 0.15) is 57.6 Å². The van der Waals surface area contributed by atoms with E-state index in [1.165, 1.54) is 11.1 Å². The first-order chi connectivity index (χ1) is 13.0. The smallest absolute Gasteiger partial charge is 0.223 e. The summed E-state index contributed by atoms with van der Waals surface area (Å²) in [6.07, 6.45) is 4.96. The van der Waals surface area contributed by atoms with Gasteiger partial charge in [-0.05, 0) is 58.9 Å². The number of carbonyl (C=O) groups excluding carboxylic acids is 1. The van der Waals surface area contributed by atoms with Crippen molar-refractivity contribution in [3.8, 4) is 0 Å². The van der Waals surface area contributed by atoms with Crippen LogP contribution in [0.25, 0.3) is 0 Å². The predicted octanol–water partition coefficient (Wildman–Crippen LogP) is 3.79. The molecule has 0 heterocycles. The lowest BCUT2D eigenvalue weighted by Gasteiger charge is -2.30. The summed E-state index contributed by atoms with van der Waals surface area (Å²) in [5.74, 6) is 1.16. The number of guanidine groups is 1. The van der Waals surface area contributed by atoms with Gasteiger partial charge in [-0.3, -0.25) is 9.79 Å². The maximum Gasteiger partial charge on any atom is 0.223 e.